The highest BCUT2D eigenvalue weighted by Gasteiger charge is 2.21. The van der Waals surface area contributed by atoms with Gasteiger partial charge in [-0.05, 0) is 32.9 Å². The second-order valence-electron chi connectivity index (χ2n) is 5.46. The largest absolute Gasteiger partial charge is 0.458 e. The number of amides is 1. The molecular formula is C16H18N4O5. The van der Waals surface area contributed by atoms with Crippen LogP contribution in [0.4, 0.5) is 11.4 Å². The molecule has 132 valence electrons. The number of carbonyl (C=O) groups excluding carboxylic acids is 2. The van der Waals surface area contributed by atoms with Crippen LogP contribution in [0, 0.1) is 10.1 Å². The summed E-state index contributed by atoms with van der Waals surface area (Å²) in [4.78, 5) is 34.5. The van der Waals surface area contributed by atoms with E-state index in [1.54, 1.807) is 13.8 Å². The van der Waals surface area contributed by atoms with Crippen molar-refractivity contribution in [1.82, 2.24) is 9.78 Å². The summed E-state index contributed by atoms with van der Waals surface area (Å²) >= 11 is 0. The first-order valence-electron chi connectivity index (χ1n) is 7.66. The van der Waals surface area contributed by atoms with Gasteiger partial charge in [-0.25, -0.2) is 4.79 Å². The Morgan fingerprint density at radius 3 is 2.48 bits per heavy atom. The Hall–Kier alpha value is -3.23. The highest BCUT2D eigenvalue weighted by molar-refractivity contribution is 6.07. The number of aromatic nitrogens is 2. The van der Waals surface area contributed by atoms with Crippen LogP contribution in [0.5, 0.6) is 0 Å². The molecule has 9 nitrogen and oxygen atoms in total. The standard InChI is InChI=1S/C16H18N4O5/c1-4-19-9-13(14(18-19)16(22)25-10(2)3)17-15(21)11-5-7-12(8-6-11)20(23)24/h5-10H,4H2,1-3H3,(H,17,21). The molecular weight excluding hydrogens is 328 g/mol. The van der Waals surface area contributed by atoms with Gasteiger partial charge in [0.1, 0.15) is 0 Å². The molecule has 0 aliphatic rings. The van der Waals surface area contributed by atoms with E-state index in [1.165, 1.54) is 35.1 Å². The number of nitrogens with one attached hydrogen (secondary N) is 1. The van der Waals surface area contributed by atoms with E-state index in [4.69, 9.17) is 4.74 Å². The van der Waals surface area contributed by atoms with Crippen LogP contribution < -0.4 is 5.32 Å². The molecule has 0 aliphatic carbocycles. The lowest BCUT2D eigenvalue weighted by Gasteiger charge is -2.08. The van der Waals surface area contributed by atoms with E-state index >= 15 is 0 Å². The van der Waals surface area contributed by atoms with Crippen LogP contribution in [0.25, 0.3) is 0 Å². The third kappa shape index (κ3) is 4.40. The molecule has 25 heavy (non-hydrogen) atoms. The summed E-state index contributed by atoms with van der Waals surface area (Å²) < 4.78 is 6.63. The Bertz CT molecular complexity index is 795. The minimum absolute atomic E-state index is 0.00538. The molecule has 0 fully saturated rings. The van der Waals surface area contributed by atoms with Gasteiger partial charge in [0.25, 0.3) is 11.6 Å². The first-order chi connectivity index (χ1) is 11.8. The molecule has 9 heteroatoms. The summed E-state index contributed by atoms with van der Waals surface area (Å²) in [6.07, 6.45) is 1.21. The average Bonchev–Trinajstić information content (AvgIpc) is 2.97. The number of ether oxygens (including phenoxy) is 1. The van der Waals surface area contributed by atoms with Crippen molar-refractivity contribution in [2.45, 2.75) is 33.4 Å². The van der Waals surface area contributed by atoms with E-state index in [0.717, 1.165) is 0 Å². The maximum atomic E-state index is 12.3. The zero-order valence-electron chi connectivity index (χ0n) is 14.1. The molecule has 1 aromatic carbocycles. The van der Waals surface area contributed by atoms with Crippen LogP contribution in [0.15, 0.2) is 30.5 Å². The van der Waals surface area contributed by atoms with Crippen molar-refractivity contribution in [2.75, 3.05) is 5.32 Å². The van der Waals surface area contributed by atoms with Crippen molar-refractivity contribution < 1.29 is 19.2 Å². The number of nitro benzene ring substituents is 1. The van der Waals surface area contributed by atoms with Crippen molar-refractivity contribution in [3.8, 4) is 0 Å². The quantitative estimate of drug-likeness (QED) is 0.488. The van der Waals surface area contributed by atoms with Crippen molar-refractivity contribution in [2.24, 2.45) is 0 Å². The second kappa shape index (κ2) is 7.56. The fourth-order valence-corrected chi connectivity index (χ4v) is 2.02. The number of nitro groups is 1. The van der Waals surface area contributed by atoms with Crippen LogP contribution in [-0.4, -0.2) is 32.7 Å². The summed E-state index contributed by atoms with van der Waals surface area (Å²) in [7, 11) is 0. The number of carbonyl (C=O) groups is 2. The van der Waals surface area contributed by atoms with Gasteiger partial charge in [-0.2, -0.15) is 5.10 Å². The number of non-ortho nitro benzene ring substituents is 1. The normalized spacial score (nSPS) is 10.6. The molecule has 0 spiro atoms. The molecule has 0 saturated heterocycles. The summed E-state index contributed by atoms with van der Waals surface area (Å²) in [6, 6.07) is 5.14. The second-order valence-corrected chi connectivity index (χ2v) is 5.46. The van der Waals surface area contributed by atoms with Crippen LogP contribution >= 0.6 is 0 Å². The minimum Gasteiger partial charge on any atom is -0.458 e. The topological polar surface area (TPSA) is 116 Å². The molecule has 0 bridgehead atoms. The summed E-state index contributed by atoms with van der Waals surface area (Å²) in [5, 5.41) is 17.4. The molecule has 1 heterocycles. The van der Waals surface area contributed by atoms with Gasteiger partial charge in [-0.1, -0.05) is 0 Å². The smallest absolute Gasteiger partial charge is 0.361 e. The van der Waals surface area contributed by atoms with Crippen LogP contribution in [0.3, 0.4) is 0 Å². The number of benzene rings is 1. The maximum Gasteiger partial charge on any atom is 0.361 e. The maximum absolute atomic E-state index is 12.3. The van der Waals surface area contributed by atoms with Gasteiger partial charge in [0.2, 0.25) is 0 Å². The van der Waals surface area contributed by atoms with E-state index < -0.39 is 16.8 Å². The molecule has 0 aliphatic heterocycles. The van der Waals surface area contributed by atoms with Crippen LogP contribution in [-0.2, 0) is 11.3 Å². The molecule has 2 rings (SSSR count). The third-order valence-electron chi connectivity index (χ3n) is 3.21. The highest BCUT2D eigenvalue weighted by Crippen LogP contribution is 2.18. The number of nitrogens with zero attached hydrogens (tertiary/aromatic N) is 3. The number of hydrogen-bond acceptors (Lipinski definition) is 6. The Balaban J connectivity index is 2.23. The predicted molar refractivity (Wildman–Crippen MR) is 89.5 cm³/mol. The summed E-state index contributed by atoms with van der Waals surface area (Å²) in [5.41, 5.74) is 0.330. The molecule has 0 atom stereocenters. The molecule has 1 amide bonds. The molecule has 0 saturated carbocycles. The van der Waals surface area contributed by atoms with Gasteiger partial charge in [0.15, 0.2) is 5.69 Å². The number of rotatable bonds is 6. The Morgan fingerprint density at radius 1 is 1.32 bits per heavy atom. The summed E-state index contributed by atoms with van der Waals surface area (Å²) in [6.45, 7) is 5.77. The SMILES string of the molecule is CCn1cc(NC(=O)c2ccc([N+](=O)[O-])cc2)c(C(=O)OC(C)C)n1. The third-order valence-corrected chi connectivity index (χ3v) is 3.21. The van der Waals surface area contributed by atoms with Crippen LogP contribution in [0.2, 0.25) is 0 Å². The first kappa shape index (κ1) is 18.1. The first-order valence-corrected chi connectivity index (χ1v) is 7.66. The van der Waals surface area contributed by atoms with Gasteiger partial charge in [0, 0.05) is 30.4 Å². The Kier molecular flexibility index (Phi) is 5.48. The number of aryl methyl sites for hydroxylation is 1. The van der Waals surface area contributed by atoms with E-state index in [9.17, 15) is 19.7 Å². The fraction of sp³-hybridized carbons (Fsp3) is 0.312. The van der Waals surface area contributed by atoms with Gasteiger partial charge in [-0.3, -0.25) is 19.6 Å². The van der Waals surface area contributed by atoms with E-state index in [-0.39, 0.29) is 28.7 Å². The lowest BCUT2D eigenvalue weighted by Crippen LogP contribution is -2.17. The van der Waals surface area contributed by atoms with Gasteiger partial charge in [0.05, 0.1) is 16.7 Å². The lowest BCUT2D eigenvalue weighted by molar-refractivity contribution is -0.384. The van der Waals surface area contributed by atoms with Crippen molar-refractivity contribution >= 4 is 23.3 Å². The predicted octanol–water partition coefficient (Wildman–Crippen LogP) is 2.63. The number of anilines is 1. The van der Waals surface area contributed by atoms with Crippen molar-refractivity contribution in [3.63, 3.8) is 0 Å². The number of esters is 1. The zero-order valence-corrected chi connectivity index (χ0v) is 14.1. The lowest BCUT2D eigenvalue weighted by atomic mass is 10.2. The molecule has 1 aromatic heterocycles. The highest BCUT2D eigenvalue weighted by atomic mass is 16.6. The molecule has 0 unspecified atom stereocenters. The average molecular weight is 346 g/mol. The monoisotopic (exact) mass is 346 g/mol. The fourth-order valence-electron chi connectivity index (χ4n) is 2.02. The van der Waals surface area contributed by atoms with Crippen LogP contribution in [0.1, 0.15) is 41.6 Å². The van der Waals surface area contributed by atoms with Crippen molar-refractivity contribution in [3.05, 3.63) is 51.8 Å². The van der Waals surface area contributed by atoms with E-state index in [0.29, 0.717) is 6.54 Å². The number of hydrogen-bond donors (Lipinski definition) is 1. The minimum atomic E-state index is -0.638. The summed E-state index contributed by atoms with van der Waals surface area (Å²) in [5.74, 6) is -1.15. The zero-order chi connectivity index (χ0) is 18.6. The van der Waals surface area contributed by atoms with Crippen molar-refractivity contribution in [1.29, 1.82) is 0 Å². The van der Waals surface area contributed by atoms with E-state index in [1.807, 2.05) is 6.92 Å². The van der Waals surface area contributed by atoms with Gasteiger partial charge in [-0.15, -0.1) is 0 Å². The Labute approximate surface area is 143 Å². The molecule has 1 N–H and O–H groups in total. The van der Waals surface area contributed by atoms with Gasteiger partial charge < -0.3 is 10.1 Å². The van der Waals surface area contributed by atoms with E-state index in [2.05, 4.69) is 10.4 Å². The molecule has 0 radical (unpaired) electrons. The Morgan fingerprint density at radius 2 is 1.96 bits per heavy atom. The van der Waals surface area contributed by atoms with Gasteiger partial charge >= 0.3 is 5.97 Å². The molecule has 2 aromatic rings.